The van der Waals surface area contributed by atoms with Gasteiger partial charge in [-0.05, 0) is 45.2 Å². The van der Waals surface area contributed by atoms with Gasteiger partial charge in [-0.1, -0.05) is 12.1 Å². The van der Waals surface area contributed by atoms with Crippen LogP contribution in [0.2, 0.25) is 0 Å². The van der Waals surface area contributed by atoms with Gasteiger partial charge in [0.25, 0.3) is 0 Å². The summed E-state index contributed by atoms with van der Waals surface area (Å²) in [6, 6.07) is 5.05. The summed E-state index contributed by atoms with van der Waals surface area (Å²) in [5.74, 6) is -1.08. The molecular formula is C15H19F3O3. The van der Waals surface area contributed by atoms with Crippen LogP contribution in [0.15, 0.2) is 24.3 Å². The Kier molecular flexibility index (Phi) is 5.63. The lowest BCUT2D eigenvalue weighted by Gasteiger charge is -2.18. The molecule has 118 valence electrons. The van der Waals surface area contributed by atoms with Gasteiger partial charge in [-0.3, -0.25) is 4.79 Å². The first-order chi connectivity index (χ1) is 9.64. The van der Waals surface area contributed by atoms with Crippen molar-refractivity contribution < 1.29 is 27.8 Å². The lowest BCUT2D eigenvalue weighted by molar-refractivity contribution is -0.147. The third-order valence-corrected chi connectivity index (χ3v) is 3.23. The maximum atomic E-state index is 12.7. The molecule has 0 saturated heterocycles. The molecule has 0 fully saturated rings. The molecule has 3 nitrogen and oxygen atoms in total. The summed E-state index contributed by atoms with van der Waals surface area (Å²) in [4.78, 5) is 10.9. The van der Waals surface area contributed by atoms with E-state index in [1.54, 1.807) is 13.8 Å². The predicted molar refractivity (Wildman–Crippen MR) is 72.2 cm³/mol. The lowest BCUT2D eigenvalue weighted by Crippen LogP contribution is -2.23. The Hall–Kier alpha value is -1.72. The van der Waals surface area contributed by atoms with Crippen LogP contribution in [-0.2, 0) is 11.0 Å². The van der Waals surface area contributed by atoms with Crippen molar-refractivity contribution in [2.45, 2.75) is 39.3 Å². The Morgan fingerprint density at radius 1 is 1.19 bits per heavy atom. The van der Waals surface area contributed by atoms with Crippen LogP contribution in [0.25, 0.3) is 0 Å². The summed E-state index contributed by atoms with van der Waals surface area (Å²) < 4.78 is 43.3. The third kappa shape index (κ3) is 5.28. The first kappa shape index (κ1) is 17.3. The molecule has 1 rings (SSSR count). The lowest BCUT2D eigenvalue weighted by atomic mass is 9.87. The molecule has 0 heterocycles. The zero-order chi connectivity index (χ0) is 16.1. The molecule has 0 bridgehead atoms. The van der Waals surface area contributed by atoms with E-state index in [1.165, 1.54) is 18.2 Å². The van der Waals surface area contributed by atoms with Crippen LogP contribution in [0.5, 0.6) is 5.75 Å². The molecule has 0 spiro atoms. The van der Waals surface area contributed by atoms with Gasteiger partial charge in [0.1, 0.15) is 5.75 Å². The maximum Gasteiger partial charge on any atom is 0.419 e. The second kappa shape index (κ2) is 6.83. The fraction of sp³-hybridized carbons (Fsp3) is 0.533. The minimum absolute atomic E-state index is 0.128. The van der Waals surface area contributed by atoms with E-state index in [0.717, 1.165) is 6.07 Å². The maximum absolute atomic E-state index is 12.7. The van der Waals surface area contributed by atoms with Crippen molar-refractivity contribution in [1.29, 1.82) is 0 Å². The highest BCUT2D eigenvalue weighted by Crippen LogP contribution is 2.36. The van der Waals surface area contributed by atoms with Crippen molar-refractivity contribution >= 4 is 5.97 Å². The van der Waals surface area contributed by atoms with Gasteiger partial charge in [0.15, 0.2) is 0 Å². The number of para-hydroxylation sites is 1. The number of hydrogen-bond donors (Lipinski definition) is 1. The Morgan fingerprint density at radius 2 is 1.81 bits per heavy atom. The first-order valence-corrected chi connectivity index (χ1v) is 6.67. The van der Waals surface area contributed by atoms with Crippen molar-refractivity contribution in [3.63, 3.8) is 0 Å². The molecule has 0 aliphatic rings. The van der Waals surface area contributed by atoms with Gasteiger partial charge in [0.05, 0.1) is 17.6 Å². The van der Waals surface area contributed by atoms with Crippen molar-refractivity contribution in [2.75, 3.05) is 6.61 Å². The van der Waals surface area contributed by atoms with E-state index >= 15 is 0 Å². The quantitative estimate of drug-likeness (QED) is 0.761. The Morgan fingerprint density at radius 3 is 2.38 bits per heavy atom. The highest BCUT2D eigenvalue weighted by molar-refractivity contribution is 5.73. The van der Waals surface area contributed by atoms with Crippen LogP contribution < -0.4 is 4.74 Å². The Bertz CT molecular complexity index is 481. The van der Waals surface area contributed by atoms with E-state index in [4.69, 9.17) is 9.84 Å². The van der Waals surface area contributed by atoms with Gasteiger partial charge in [0, 0.05) is 0 Å². The molecule has 0 aromatic heterocycles. The minimum atomic E-state index is -4.44. The number of alkyl halides is 3. The number of aliphatic carboxylic acids is 1. The summed E-state index contributed by atoms with van der Waals surface area (Å²) in [6.45, 7) is 3.37. The molecule has 0 atom stereocenters. The van der Waals surface area contributed by atoms with Crippen molar-refractivity contribution in [3.8, 4) is 5.75 Å². The molecule has 1 N–H and O–H groups in total. The molecule has 0 aliphatic heterocycles. The summed E-state index contributed by atoms with van der Waals surface area (Å²) in [5, 5.41) is 8.95. The molecule has 1 aromatic carbocycles. The van der Waals surface area contributed by atoms with E-state index in [0.29, 0.717) is 19.3 Å². The fourth-order valence-corrected chi connectivity index (χ4v) is 1.78. The molecule has 0 amide bonds. The largest absolute Gasteiger partial charge is 0.493 e. The first-order valence-electron chi connectivity index (χ1n) is 6.67. The molecule has 21 heavy (non-hydrogen) atoms. The van der Waals surface area contributed by atoms with Gasteiger partial charge < -0.3 is 9.84 Å². The van der Waals surface area contributed by atoms with Gasteiger partial charge in [0.2, 0.25) is 0 Å². The molecule has 0 saturated carbocycles. The number of rotatable bonds is 7. The molecular weight excluding hydrogens is 285 g/mol. The van der Waals surface area contributed by atoms with Crippen LogP contribution in [0.4, 0.5) is 13.2 Å². The second-order valence-electron chi connectivity index (χ2n) is 5.49. The number of halogens is 3. The molecule has 0 unspecified atom stereocenters. The number of benzene rings is 1. The van der Waals surface area contributed by atoms with Crippen LogP contribution in [0.1, 0.15) is 38.7 Å². The SMILES string of the molecule is CC(C)(CCCCOc1ccccc1C(F)(F)F)C(=O)O. The molecule has 0 radical (unpaired) electrons. The number of carbonyl (C=O) groups is 1. The van der Waals surface area contributed by atoms with E-state index in [2.05, 4.69) is 0 Å². The topological polar surface area (TPSA) is 46.5 Å². The smallest absolute Gasteiger partial charge is 0.419 e. The highest BCUT2D eigenvalue weighted by atomic mass is 19.4. The van der Waals surface area contributed by atoms with Crippen LogP contribution in [-0.4, -0.2) is 17.7 Å². The normalized spacial score (nSPS) is 12.2. The zero-order valence-electron chi connectivity index (χ0n) is 12.0. The van der Waals surface area contributed by atoms with Gasteiger partial charge >= 0.3 is 12.1 Å². The van der Waals surface area contributed by atoms with Crippen molar-refractivity contribution in [2.24, 2.45) is 5.41 Å². The summed E-state index contributed by atoms with van der Waals surface area (Å²) >= 11 is 0. The van der Waals surface area contributed by atoms with Crippen molar-refractivity contribution in [3.05, 3.63) is 29.8 Å². The monoisotopic (exact) mass is 304 g/mol. The number of ether oxygens (including phenoxy) is 1. The second-order valence-corrected chi connectivity index (χ2v) is 5.49. The van der Waals surface area contributed by atoms with Crippen molar-refractivity contribution in [1.82, 2.24) is 0 Å². The fourth-order valence-electron chi connectivity index (χ4n) is 1.78. The van der Waals surface area contributed by atoms with E-state index in [-0.39, 0.29) is 12.4 Å². The zero-order valence-corrected chi connectivity index (χ0v) is 12.0. The molecule has 6 heteroatoms. The van der Waals surface area contributed by atoms with Gasteiger partial charge in [-0.15, -0.1) is 0 Å². The van der Waals surface area contributed by atoms with E-state index in [1.807, 2.05) is 0 Å². The molecule has 1 aromatic rings. The van der Waals surface area contributed by atoms with E-state index in [9.17, 15) is 18.0 Å². The number of carboxylic acids is 1. The van der Waals surface area contributed by atoms with Crippen LogP contribution in [0, 0.1) is 5.41 Å². The summed E-state index contributed by atoms with van der Waals surface area (Å²) in [6.07, 6.45) is -2.91. The van der Waals surface area contributed by atoms with Crippen LogP contribution in [0.3, 0.4) is 0 Å². The summed E-state index contributed by atoms with van der Waals surface area (Å²) in [5.41, 5.74) is -1.62. The van der Waals surface area contributed by atoms with Gasteiger partial charge in [-0.25, -0.2) is 0 Å². The number of hydrogen-bond acceptors (Lipinski definition) is 2. The number of unbranched alkanes of at least 4 members (excludes halogenated alkanes) is 1. The standard InChI is InChI=1S/C15H19F3O3/c1-14(2,13(19)20)9-5-6-10-21-12-8-4-3-7-11(12)15(16,17)18/h3-4,7-8H,5-6,9-10H2,1-2H3,(H,19,20). The minimum Gasteiger partial charge on any atom is -0.493 e. The summed E-state index contributed by atoms with van der Waals surface area (Å²) in [7, 11) is 0. The van der Waals surface area contributed by atoms with E-state index < -0.39 is 23.1 Å². The third-order valence-electron chi connectivity index (χ3n) is 3.23. The highest BCUT2D eigenvalue weighted by Gasteiger charge is 2.34. The average Bonchev–Trinajstić information content (AvgIpc) is 2.37. The Balaban J connectivity index is 2.46. The van der Waals surface area contributed by atoms with Crippen LogP contribution >= 0.6 is 0 Å². The predicted octanol–water partition coefficient (Wildman–Crippen LogP) is 4.37. The Labute approximate surface area is 121 Å². The molecule has 0 aliphatic carbocycles. The number of carboxylic acid groups (broad SMARTS) is 1. The average molecular weight is 304 g/mol. The van der Waals surface area contributed by atoms with Gasteiger partial charge in [-0.2, -0.15) is 13.2 Å².